The highest BCUT2D eigenvalue weighted by molar-refractivity contribution is 5.77. The highest BCUT2D eigenvalue weighted by Crippen LogP contribution is 2.33. The fraction of sp³-hybridized carbons (Fsp3) is 0.250. The molecule has 6 heteroatoms. The lowest BCUT2D eigenvalue weighted by molar-refractivity contribution is -0.134. The first kappa shape index (κ1) is 16.3. The van der Waals surface area contributed by atoms with E-state index in [0.717, 1.165) is 28.9 Å². The highest BCUT2D eigenvalue weighted by Gasteiger charge is 2.33. The molecule has 0 saturated heterocycles. The minimum atomic E-state index is -0.236. The van der Waals surface area contributed by atoms with Crippen LogP contribution >= 0.6 is 0 Å². The first-order valence-electron chi connectivity index (χ1n) is 8.67. The molecule has 0 radical (unpaired) electrons. The molecule has 1 amide bonds. The molecule has 1 aromatic carbocycles. The lowest BCUT2D eigenvalue weighted by Gasteiger charge is -2.35. The van der Waals surface area contributed by atoms with Gasteiger partial charge >= 0.3 is 0 Å². The fourth-order valence-corrected chi connectivity index (χ4v) is 3.49. The number of aromatic amines is 1. The molecule has 0 bridgehead atoms. The van der Waals surface area contributed by atoms with E-state index >= 15 is 0 Å². The van der Waals surface area contributed by atoms with Crippen molar-refractivity contribution in [3.05, 3.63) is 87.9 Å². The third-order valence-electron chi connectivity index (χ3n) is 4.82. The normalized spacial score (nSPS) is 16.3. The zero-order valence-corrected chi connectivity index (χ0v) is 14.6. The van der Waals surface area contributed by atoms with Crippen molar-refractivity contribution in [1.82, 2.24) is 19.4 Å². The van der Waals surface area contributed by atoms with Gasteiger partial charge in [0, 0.05) is 30.9 Å². The number of carbonyl (C=O) groups is 1. The lowest BCUT2D eigenvalue weighted by Crippen LogP contribution is -2.43. The molecule has 3 heterocycles. The Bertz CT molecular complexity index is 990. The van der Waals surface area contributed by atoms with Gasteiger partial charge in [-0.15, -0.1) is 0 Å². The molecular formula is C20H20N4O2. The summed E-state index contributed by atoms with van der Waals surface area (Å²) in [6, 6.07) is 13.0. The van der Waals surface area contributed by atoms with Crippen LogP contribution in [0.3, 0.4) is 0 Å². The Labute approximate surface area is 151 Å². The van der Waals surface area contributed by atoms with Gasteiger partial charge in [-0.05, 0) is 24.1 Å². The molecular weight excluding hydrogens is 328 g/mol. The number of amides is 1. The maximum Gasteiger partial charge on any atom is 0.251 e. The minimum Gasteiger partial charge on any atom is -0.348 e. The predicted octanol–water partition coefficient (Wildman–Crippen LogP) is 2.05. The number of H-pyrrole nitrogens is 1. The Kier molecular flexibility index (Phi) is 4.16. The van der Waals surface area contributed by atoms with Gasteiger partial charge in [-0.2, -0.15) is 0 Å². The van der Waals surface area contributed by atoms with Crippen LogP contribution in [-0.4, -0.2) is 31.9 Å². The first-order chi connectivity index (χ1) is 12.6. The van der Waals surface area contributed by atoms with Crippen LogP contribution in [0.2, 0.25) is 0 Å². The summed E-state index contributed by atoms with van der Waals surface area (Å²) in [6.45, 7) is 2.49. The van der Waals surface area contributed by atoms with E-state index < -0.39 is 0 Å². The number of rotatable bonds is 3. The van der Waals surface area contributed by atoms with Crippen molar-refractivity contribution in [3.63, 3.8) is 0 Å². The van der Waals surface area contributed by atoms with Crippen molar-refractivity contribution in [2.45, 2.75) is 25.9 Å². The van der Waals surface area contributed by atoms with Crippen molar-refractivity contribution >= 4 is 5.91 Å². The summed E-state index contributed by atoms with van der Waals surface area (Å²) in [6.07, 6.45) is 4.09. The Balaban J connectivity index is 1.68. The smallest absolute Gasteiger partial charge is 0.251 e. The summed E-state index contributed by atoms with van der Waals surface area (Å²) in [7, 11) is 0. The summed E-state index contributed by atoms with van der Waals surface area (Å²) >= 11 is 0. The number of hydrogen-bond donors (Lipinski definition) is 1. The van der Waals surface area contributed by atoms with E-state index in [1.54, 1.807) is 18.6 Å². The average Bonchev–Trinajstić information content (AvgIpc) is 3.12. The summed E-state index contributed by atoms with van der Waals surface area (Å²) < 4.78 is 1.46. The summed E-state index contributed by atoms with van der Waals surface area (Å²) in [5.74, 6) is -0.0848. The molecule has 0 spiro atoms. The van der Waals surface area contributed by atoms with Crippen LogP contribution in [0.5, 0.6) is 0 Å². The maximum atomic E-state index is 13.0. The molecule has 0 fully saturated rings. The van der Waals surface area contributed by atoms with Gasteiger partial charge in [0.1, 0.15) is 12.6 Å². The summed E-state index contributed by atoms with van der Waals surface area (Å²) in [5.41, 5.74) is 3.69. The highest BCUT2D eigenvalue weighted by atomic mass is 16.2. The standard InChI is InChI=1S/C20H20N4O2/c1-14-7-9-23(17(25)11-14)12-18(26)24-10-8-16-19(22-13-21-16)20(24)15-5-3-2-4-6-15/h2-7,9,11,13,20H,8,10,12H2,1H3,(H,21,22)/t20-/m1/s1. The number of fused-ring (bicyclic) bond motifs is 1. The first-order valence-corrected chi connectivity index (χ1v) is 8.67. The number of nitrogens with zero attached hydrogens (tertiary/aromatic N) is 3. The van der Waals surface area contributed by atoms with Crippen LogP contribution in [0.15, 0.2) is 59.8 Å². The SMILES string of the molecule is Cc1ccn(CC(=O)N2CCc3[nH]cnc3[C@H]2c2ccccc2)c(=O)c1. The van der Waals surface area contributed by atoms with E-state index in [0.29, 0.717) is 6.54 Å². The van der Waals surface area contributed by atoms with Crippen LogP contribution < -0.4 is 5.56 Å². The van der Waals surface area contributed by atoms with E-state index in [1.165, 1.54) is 4.57 Å². The second-order valence-electron chi connectivity index (χ2n) is 6.59. The Morgan fingerprint density at radius 3 is 2.85 bits per heavy atom. The molecule has 2 aromatic heterocycles. The predicted molar refractivity (Wildman–Crippen MR) is 97.7 cm³/mol. The Morgan fingerprint density at radius 1 is 1.27 bits per heavy atom. The molecule has 3 aromatic rings. The van der Waals surface area contributed by atoms with Gasteiger partial charge in [-0.3, -0.25) is 9.59 Å². The van der Waals surface area contributed by atoms with Crippen molar-refractivity contribution in [3.8, 4) is 0 Å². The van der Waals surface area contributed by atoms with Crippen LogP contribution in [0.1, 0.15) is 28.6 Å². The minimum absolute atomic E-state index is 0.0300. The molecule has 1 atom stereocenters. The van der Waals surface area contributed by atoms with Crippen LogP contribution in [0, 0.1) is 6.92 Å². The van der Waals surface area contributed by atoms with Gasteiger partial charge in [0.2, 0.25) is 5.91 Å². The third kappa shape index (κ3) is 2.94. The Morgan fingerprint density at radius 2 is 2.08 bits per heavy atom. The monoisotopic (exact) mass is 348 g/mol. The van der Waals surface area contributed by atoms with E-state index in [-0.39, 0.29) is 24.1 Å². The van der Waals surface area contributed by atoms with E-state index in [2.05, 4.69) is 9.97 Å². The second-order valence-corrected chi connectivity index (χ2v) is 6.59. The van der Waals surface area contributed by atoms with Crippen molar-refractivity contribution in [2.24, 2.45) is 0 Å². The number of aryl methyl sites for hydroxylation is 1. The molecule has 0 aliphatic carbocycles. The zero-order valence-electron chi connectivity index (χ0n) is 14.6. The van der Waals surface area contributed by atoms with Gasteiger partial charge in [0.15, 0.2) is 0 Å². The largest absolute Gasteiger partial charge is 0.348 e. The van der Waals surface area contributed by atoms with Gasteiger partial charge in [0.25, 0.3) is 5.56 Å². The topological polar surface area (TPSA) is 71.0 Å². The number of hydrogen-bond acceptors (Lipinski definition) is 3. The molecule has 132 valence electrons. The zero-order chi connectivity index (χ0) is 18.1. The fourth-order valence-electron chi connectivity index (χ4n) is 3.49. The van der Waals surface area contributed by atoms with Crippen molar-refractivity contribution < 1.29 is 4.79 Å². The molecule has 1 aliphatic heterocycles. The lowest BCUT2D eigenvalue weighted by atomic mass is 9.95. The van der Waals surface area contributed by atoms with Gasteiger partial charge in [-0.1, -0.05) is 30.3 Å². The molecule has 6 nitrogen and oxygen atoms in total. The number of pyridine rings is 1. The third-order valence-corrected chi connectivity index (χ3v) is 4.82. The number of imidazole rings is 1. The van der Waals surface area contributed by atoms with Gasteiger partial charge < -0.3 is 14.5 Å². The van der Waals surface area contributed by atoms with Gasteiger partial charge in [-0.25, -0.2) is 4.98 Å². The summed E-state index contributed by atoms with van der Waals surface area (Å²) in [4.78, 5) is 34.7. The molecule has 4 rings (SSSR count). The van der Waals surface area contributed by atoms with Crippen molar-refractivity contribution in [1.29, 1.82) is 0 Å². The number of carbonyl (C=O) groups excluding carboxylic acids is 1. The van der Waals surface area contributed by atoms with E-state index in [1.807, 2.05) is 48.2 Å². The molecule has 0 unspecified atom stereocenters. The van der Waals surface area contributed by atoms with Crippen LogP contribution in [0.4, 0.5) is 0 Å². The Hall–Kier alpha value is -3.15. The molecule has 1 N–H and O–H groups in total. The number of benzene rings is 1. The maximum absolute atomic E-state index is 13.0. The van der Waals surface area contributed by atoms with E-state index in [4.69, 9.17) is 0 Å². The summed E-state index contributed by atoms with van der Waals surface area (Å²) in [5, 5.41) is 0. The molecule has 0 saturated carbocycles. The number of nitrogens with one attached hydrogen (secondary N) is 1. The number of aromatic nitrogens is 3. The van der Waals surface area contributed by atoms with Crippen molar-refractivity contribution in [2.75, 3.05) is 6.54 Å². The van der Waals surface area contributed by atoms with Crippen LogP contribution in [0.25, 0.3) is 0 Å². The molecule has 1 aliphatic rings. The van der Waals surface area contributed by atoms with Gasteiger partial charge in [0.05, 0.1) is 12.0 Å². The van der Waals surface area contributed by atoms with Crippen LogP contribution in [-0.2, 0) is 17.8 Å². The van der Waals surface area contributed by atoms with E-state index in [9.17, 15) is 9.59 Å². The quantitative estimate of drug-likeness (QED) is 0.787. The second kappa shape index (κ2) is 6.63. The average molecular weight is 348 g/mol. The molecule has 26 heavy (non-hydrogen) atoms.